The molecule has 0 spiro atoms. The summed E-state index contributed by atoms with van der Waals surface area (Å²) in [6, 6.07) is 22.2. The maximum atomic E-state index is 11.3. The van der Waals surface area contributed by atoms with Gasteiger partial charge in [-0.2, -0.15) is 0 Å². The molecule has 3 heterocycles. The van der Waals surface area contributed by atoms with E-state index < -0.39 is 5.97 Å². The summed E-state index contributed by atoms with van der Waals surface area (Å²) in [5.41, 5.74) is 11.7. The van der Waals surface area contributed by atoms with E-state index in [1.54, 1.807) is 6.20 Å². The van der Waals surface area contributed by atoms with E-state index in [-0.39, 0.29) is 12.5 Å². The van der Waals surface area contributed by atoms with Crippen molar-refractivity contribution in [2.45, 2.75) is 18.9 Å². The first-order valence-electron chi connectivity index (χ1n) is 12.3. The molecule has 3 N–H and O–H groups in total. The second-order valence-corrected chi connectivity index (χ2v) is 9.27. The Morgan fingerprint density at radius 3 is 2.73 bits per heavy atom. The van der Waals surface area contributed by atoms with Gasteiger partial charge in [-0.25, -0.2) is 4.98 Å². The predicted molar refractivity (Wildman–Crippen MR) is 145 cm³/mol. The number of benzene rings is 3. The number of pyridine rings is 1. The summed E-state index contributed by atoms with van der Waals surface area (Å²) in [6.45, 7) is 1.42. The summed E-state index contributed by atoms with van der Waals surface area (Å²) in [6.07, 6.45) is 4.73. The van der Waals surface area contributed by atoms with Crippen molar-refractivity contribution in [1.82, 2.24) is 9.55 Å². The smallest absolute Gasteiger partial charge is 0.307 e. The van der Waals surface area contributed by atoms with Gasteiger partial charge in [-0.1, -0.05) is 54.3 Å². The number of aromatic nitrogens is 2. The first kappa shape index (κ1) is 22.8. The SMILES string of the molecule is Nc1nccc2c(-c3ccc4c(c3)c(C#Cc3ccccc3CC(=O)O)cn4C3CCOC3)cccc12. The van der Waals surface area contributed by atoms with Gasteiger partial charge in [-0.3, -0.25) is 4.79 Å². The number of carboxylic acid groups (broad SMARTS) is 1. The summed E-state index contributed by atoms with van der Waals surface area (Å²) in [5, 5.41) is 12.3. The fourth-order valence-corrected chi connectivity index (χ4v) is 5.14. The number of rotatable bonds is 4. The van der Waals surface area contributed by atoms with E-state index in [1.807, 2.05) is 42.5 Å². The van der Waals surface area contributed by atoms with Crippen molar-refractivity contribution in [2.24, 2.45) is 0 Å². The van der Waals surface area contributed by atoms with Crippen molar-refractivity contribution in [3.05, 3.63) is 95.8 Å². The summed E-state index contributed by atoms with van der Waals surface area (Å²) in [7, 11) is 0. The Bertz CT molecular complexity index is 1720. The third-order valence-corrected chi connectivity index (χ3v) is 6.97. The number of aliphatic carboxylic acids is 1. The molecule has 1 aliphatic rings. The quantitative estimate of drug-likeness (QED) is 0.330. The molecule has 6 rings (SSSR count). The minimum atomic E-state index is -0.873. The van der Waals surface area contributed by atoms with Gasteiger partial charge in [0.25, 0.3) is 0 Å². The number of carbonyl (C=O) groups is 1. The van der Waals surface area contributed by atoms with E-state index in [0.29, 0.717) is 18.0 Å². The number of nitrogens with zero attached hydrogens (tertiary/aromatic N) is 2. The van der Waals surface area contributed by atoms with Crippen LogP contribution in [0.4, 0.5) is 5.82 Å². The molecule has 0 saturated carbocycles. The molecule has 182 valence electrons. The third kappa shape index (κ3) is 4.31. The molecular formula is C31H25N3O3. The van der Waals surface area contributed by atoms with E-state index in [0.717, 1.165) is 57.0 Å². The maximum absolute atomic E-state index is 11.3. The molecule has 0 radical (unpaired) electrons. The van der Waals surface area contributed by atoms with Gasteiger partial charge in [0.1, 0.15) is 5.82 Å². The average molecular weight is 488 g/mol. The molecular weight excluding hydrogens is 462 g/mol. The number of anilines is 1. The first-order valence-corrected chi connectivity index (χ1v) is 12.3. The van der Waals surface area contributed by atoms with Crippen LogP contribution >= 0.6 is 0 Å². The lowest BCUT2D eigenvalue weighted by Crippen LogP contribution is -2.06. The maximum Gasteiger partial charge on any atom is 0.307 e. The van der Waals surface area contributed by atoms with Crippen molar-refractivity contribution in [2.75, 3.05) is 18.9 Å². The van der Waals surface area contributed by atoms with Gasteiger partial charge in [0.15, 0.2) is 0 Å². The zero-order chi connectivity index (χ0) is 25.4. The van der Waals surface area contributed by atoms with Crippen LogP contribution < -0.4 is 5.73 Å². The molecule has 37 heavy (non-hydrogen) atoms. The molecule has 0 aliphatic carbocycles. The minimum absolute atomic E-state index is 0.0603. The summed E-state index contributed by atoms with van der Waals surface area (Å²) < 4.78 is 7.94. The Morgan fingerprint density at radius 2 is 1.89 bits per heavy atom. The Labute approximate surface area is 214 Å². The number of hydrogen-bond donors (Lipinski definition) is 2. The van der Waals surface area contributed by atoms with E-state index in [9.17, 15) is 9.90 Å². The van der Waals surface area contributed by atoms with Gasteiger partial charge in [0, 0.05) is 40.9 Å². The van der Waals surface area contributed by atoms with Crippen molar-refractivity contribution in [3.63, 3.8) is 0 Å². The zero-order valence-electron chi connectivity index (χ0n) is 20.1. The topological polar surface area (TPSA) is 90.4 Å². The predicted octanol–water partition coefficient (Wildman–Crippen LogP) is 5.43. The highest BCUT2D eigenvalue weighted by atomic mass is 16.5. The lowest BCUT2D eigenvalue weighted by molar-refractivity contribution is -0.136. The summed E-state index contributed by atoms with van der Waals surface area (Å²) >= 11 is 0. The van der Waals surface area contributed by atoms with Crippen LogP contribution in [0.1, 0.15) is 29.2 Å². The van der Waals surface area contributed by atoms with Crippen LogP contribution in [-0.4, -0.2) is 33.8 Å². The second-order valence-electron chi connectivity index (χ2n) is 9.27. The van der Waals surface area contributed by atoms with E-state index >= 15 is 0 Å². The van der Waals surface area contributed by atoms with Crippen LogP contribution in [0.25, 0.3) is 32.8 Å². The van der Waals surface area contributed by atoms with Crippen LogP contribution in [0.2, 0.25) is 0 Å². The molecule has 0 amide bonds. The van der Waals surface area contributed by atoms with Gasteiger partial charge in [-0.05, 0) is 52.8 Å². The Balaban J connectivity index is 1.51. The van der Waals surface area contributed by atoms with E-state index in [4.69, 9.17) is 10.5 Å². The number of fused-ring (bicyclic) bond motifs is 2. The van der Waals surface area contributed by atoms with E-state index in [2.05, 4.69) is 51.9 Å². The van der Waals surface area contributed by atoms with Crippen molar-refractivity contribution >= 4 is 33.5 Å². The molecule has 6 nitrogen and oxygen atoms in total. The third-order valence-electron chi connectivity index (χ3n) is 6.97. The van der Waals surface area contributed by atoms with Crippen LogP contribution in [0.3, 0.4) is 0 Å². The molecule has 1 fully saturated rings. The fraction of sp³-hybridized carbons (Fsp3) is 0.161. The molecule has 2 aromatic heterocycles. The second kappa shape index (κ2) is 9.45. The Kier molecular flexibility index (Phi) is 5.84. The molecule has 1 aliphatic heterocycles. The fourth-order valence-electron chi connectivity index (χ4n) is 5.14. The molecule has 0 bridgehead atoms. The van der Waals surface area contributed by atoms with Crippen molar-refractivity contribution < 1.29 is 14.6 Å². The minimum Gasteiger partial charge on any atom is -0.481 e. The van der Waals surface area contributed by atoms with Crippen molar-refractivity contribution in [1.29, 1.82) is 0 Å². The summed E-state index contributed by atoms with van der Waals surface area (Å²) in [5.74, 6) is 6.24. The van der Waals surface area contributed by atoms with E-state index in [1.165, 1.54) is 0 Å². The largest absolute Gasteiger partial charge is 0.481 e. The molecule has 1 atom stereocenters. The highest BCUT2D eigenvalue weighted by molar-refractivity contribution is 6.03. The van der Waals surface area contributed by atoms with Gasteiger partial charge in [0.05, 0.1) is 24.6 Å². The number of ether oxygens (including phenoxy) is 1. The normalized spacial score (nSPS) is 15.1. The Hall–Kier alpha value is -4.60. The molecule has 1 unspecified atom stereocenters. The summed E-state index contributed by atoms with van der Waals surface area (Å²) in [4.78, 5) is 15.6. The van der Waals surface area contributed by atoms with Gasteiger partial charge < -0.3 is 20.1 Å². The first-order chi connectivity index (χ1) is 18.1. The average Bonchev–Trinajstić information content (AvgIpc) is 3.56. The standard InChI is InChI=1S/C31H25N3O3/c32-31-27-7-3-6-25(26(27)12-14-33-31)22-10-11-29-28(16-22)23(18-34(29)24-13-15-37-19-24)9-8-20-4-1-2-5-21(20)17-30(35)36/h1-7,10-12,14,16,18,24H,13,15,17,19H2,(H2,32,33)(H,35,36). The molecule has 5 aromatic rings. The molecule has 1 saturated heterocycles. The lowest BCUT2D eigenvalue weighted by atomic mass is 9.97. The Morgan fingerprint density at radius 1 is 1.03 bits per heavy atom. The van der Waals surface area contributed by atoms with Gasteiger partial charge in [0.2, 0.25) is 0 Å². The number of nitrogens with two attached hydrogens (primary N) is 1. The van der Waals surface area contributed by atoms with Gasteiger partial charge in [-0.15, -0.1) is 0 Å². The highest BCUT2D eigenvalue weighted by Gasteiger charge is 2.21. The molecule has 6 heteroatoms. The van der Waals surface area contributed by atoms with Gasteiger partial charge >= 0.3 is 5.97 Å². The number of carboxylic acids is 1. The zero-order valence-corrected chi connectivity index (χ0v) is 20.1. The number of hydrogen-bond acceptors (Lipinski definition) is 4. The van der Waals surface area contributed by atoms with Crippen LogP contribution in [0.15, 0.2) is 79.1 Å². The van der Waals surface area contributed by atoms with Crippen LogP contribution in [0, 0.1) is 11.8 Å². The molecule has 3 aromatic carbocycles. The monoisotopic (exact) mass is 487 g/mol. The number of nitrogen functional groups attached to an aromatic ring is 1. The van der Waals surface area contributed by atoms with Crippen molar-refractivity contribution in [3.8, 4) is 23.0 Å². The van der Waals surface area contributed by atoms with Crippen LogP contribution in [0.5, 0.6) is 0 Å². The van der Waals surface area contributed by atoms with Crippen LogP contribution in [-0.2, 0) is 16.0 Å². The lowest BCUT2D eigenvalue weighted by Gasteiger charge is -2.12. The highest BCUT2D eigenvalue weighted by Crippen LogP contribution is 2.35.